The second-order valence-corrected chi connectivity index (χ2v) is 7.34. The SMILES string of the molecule is O=C(Nc1ccc(N2CCNC2=O)cc1)c1ccc(C2CCCCC2)cc1. The van der Waals surface area contributed by atoms with Crippen LogP contribution >= 0.6 is 0 Å². The third-order valence-corrected chi connectivity index (χ3v) is 5.54. The van der Waals surface area contributed by atoms with E-state index in [0.717, 1.165) is 11.4 Å². The Kier molecular flexibility index (Phi) is 5.10. The van der Waals surface area contributed by atoms with E-state index < -0.39 is 0 Å². The Morgan fingerprint density at radius 3 is 2.30 bits per heavy atom. The number of carbonyl (C=O) groups excluding carboxylic acids is 2. The quantitative estimate of drug-likeness (QED) is 0.839. The van der Waals surface area contributed by atoms with Crippen LogP contribution in [-0.2, 0) is 0 Å². The zero-order valence-electron chi connectivity index (χ0n) is 15.4. The zero-order chi connectivity index (χ0) is 18.6. The van der Waals surface area contributed by atoms with Crippen LogP contribution in [-0.4, -0.2) is 25.0 Å². The molecule has 0 bridgehead atoms. The summed E-state index contributed by atoms with van der Waals surface area (Å²) in [6.07, 6.45) is 6.47. The van der Waals surface area contributed by atoms with Gasteiger partial charge in [-0.15, -0.1) is 0 Å². The summed E-state index contributed by atoms with van der Waals surface area (Å²) in [7, 11) is 0. The van der Waals surface area contributed by atoms with Crippen molar-refractivity contribution >= 4 is 23.3 Å². The lowest BCUT2D eigenvalue weighted by Crippen LogP contribution is -2.27. The molecule has 1 aliphatic carbocycles. The molecule has 0 radical (unpaired) electrons. The van der Waals surface area contributed by atoms with Crippen LogP contribution in [0.4, 0.5) is 16.2 Å². The van der Waals surface area contributed by atoms with E-state index in [0.29, 0.717) is 24.6 Å². The molecule has 3 amide bonds. The molecule has 0 atom stereocenters. The molecule has 0 spiro atoms. The molecule has 0 aromatic heterocycles. The number of carbonyl (C=O) groups is 2. The number of nitrogens with zero attached hydrogens (tertiary/aromatic N) is 1. The lowest BCUT2D eigenvalue weighted by atomic mass is 9.84. The van der Waals surface area contributed by atoms with Gasteiger partial charge in [-0.2, -0.15) is 0 Å². The van der Waals surface area contributed by atoms with Crippen molar-refractivity contribution in [2.24, 2.45) is 0 Å². The monoisotopic (exact) mass is 363 g/mol. The number of benzene rings is 2. The molecule has 1 heterocycles. The highest BCUT2D eigenvalue weighted by atomic mass is 16.2. The summed E-state index contributed by atoms with van der Waals surface area (Å²) in [5.74, 6) is 0.531. The predicted molar refractivity (Wildman–Crippen MR) is 107 cm³/mol. The summed E-state index contributed by atoms with van der Waals surface area (Å²) >= 11 is 0. The van der Waals surface area contributed by atoms with Crippen LogP contribution in [0.1, 0.15) is 53.9 Å². The van der Waals surface area contributed by atoms with Gasteiger partial charge in [-0.3, -0.25) is 9.69 Å². The van der Waals surface area contributed by atoms with Gasteiger partial charge in [0.05, 0.1) is 0 Å². The van der Waals surface area contributed by atoms with E-state index in [-0.39, 0.29) is 11.9 Å². The maximum atomic E-state index is 12.5. The third kappa shape index (κ3) is 3.97. The molecule has 5 heteroatoms. The van der Waals surface area contributed by atoms with Crippen molar-refractivity contribution in [2.75, 3.05) is 23.3 Å². The number of urea groups is 1. The molecule has 0 unspecified atom stereocenters. The van der Waals surface area contributed by atoms with E-state index in [1.807, 2.05) is 36.4 Å². The standard InChI is InChI=1S/C22H25N3O2/c26-21(18-8-6-17(7-9-18)16-4-2-1-3-5-16)24-19-10-12-20(13-11-19)25-15-14-23-22(25)27/h6-13,16H,1-5,14-15H2,(H,23,27)(H,24,26). The van der Waals surface area contributed by atoms with Gasteiger partial charge in [0.2, 0.25) is 0 Å². The fourth-order valence-electron chi connectivity index (χ4n) is 3.99. The van der Waals surface area contributed by atoms with Gasteiger partial charge in [-0.1, -0.05) is 31.4 Å². The Hall–Kier alpha value is -2.82. The van der Waals surface area contributed by atoms with Crippen molar-refractivity contribution in [3.05, 3.63) is 59.7 Å². The molecule has 1 saturated carbocycles. The third-order valence-electron chi connectivity index (χ3n) is 5.54. The molecule has 1 saturated heterocycles. The zero-order valence-corrected chi connectivity index (χ0v) is 15.4. The maximum absolute atomic E-state index is 12.5. The van der Waals surface area contributed by atoms with Crippen LogP contribution in [0.25, 0.3) is 0 Å². The molecule has 27 heavy (non-hydrogen) atoms. The first-order chi connectivity index (χ1) is 13.2. The maximum Gasteiger partial charge on any atom is 0.321 e. The smallest absolute Gasteiger partial charge is 0.321 e. The molecule has 1 aliphatic heterocycles. The Labute approximate surface area is 159 Å². The molecule has 2 aromatic carbocycles. The number of anilines is 2. The summed E-state index contributed by atoms with van der Waals surface area (Å²) in [6, 6.07) is 15.3. The van der Waals surface area contributed by atoms with Crippen LogP contribution < -0.4 is 15.5 Å². The van der Waals surface area contributed by atoms with Gasteiger partial charge in [-0.25, -0.2) is 4.79 Å². The highest BCUT2D eigenvalue weighted by Gasteiger charge is 2.21. The van der Waals surface area contributed by atoms with Gasteiger partial charge in [-0.05, 0) is 60.7 Å². The number of hydrogen-bond donors (Lipinski definition) is 2. The first-order valence-corrected chi connectivity index (χ1v) is 9.77. The average Bonchev–Trinajstić information content (AvgIpc) is 3.15. The molecular weight excluding hydrogens is 338 g/mol. The van der Waals surface area contributed by atoms with Gasteiger partial charge in [0.25, 0.3) is 5.91 Å². The van der Waals surface area contributed by atoms with Crippen LogP contribution in [0.2, 0.25) is 0 Å². The van der Waals surface area contributed by atoms with E-state index in [9.17, 15) is 9.59 Å². The number of rotatable bonds is 4. The first kappa shape index (κ1) is 17.6. The molecule has 2 fully saturated rings. The summed E-state index contributed by atoms with van der Waals surface area (Å²) in [5, 5.41) is 5.71. The van der Waals surface area contributed by atoms with E-state index in [4.69, 9.17) is 0 Å². The van der Waals surface area contributed by atoms with Crippen LogP contribution in [0.15, 0.2) is 48.5 Å². The number of hydrogen-bond acceptors (Lipinski definition) is 2. The van der Waals surface area contributed by atoms with Crippen LogP contribution in [0.5, 0.6) is 0 Å². The van der Waals surface area contributed by atoms with Crippen molar-refractivity contribution < 1.29 is 9.59 Å². The van der Waals surface area contributed by atoms with Crippen molar-refractivity contribution in [1.29, 1.82) is 0 Å². The van der Waals surface area contributed by atoms with E-state index in [1.165, 1.54) is 37.7 Å². The fourth-order valence-corrected chi connectivity index (χ4v) is 3.99. The van der Waals surface area contributed by atoms with Crippen molar-refractivity contribution in [2.45, 2.75) is 38.0 Å². The summed E-state index contributed by atoms with van der Waals surface area (Å²) in [4.78, 5) is 25.9. The minimum Gasteiger partial charge on any atom is -0.336 e. The van der Waals surface area contributed by atoms with Crippen LogP contribution in [0.3, 0.4) is 0 Å². The minimum atomic E-state index is -0.114. The Balaban J connectivity index is 1.39. The molecule has 5 nitrogen and oxygen atoms in total. The molecular formula is C22H25N3O2. The van der Waals surface area contributed by atoms with E-state index >= 15 is 0 Å². The number of nitrogens with one attached hydrogen (secondary N) is 2. The van der Waals surface area contributed by atoms with Gasteiger partial charge in [0.15, 0.2) is 0 Å². The first-order valence-electron chi connectivity index (χ1n) is 9.77. The van der Waals surface area contributed by atoms with Gasteiger partial charge < -0.3 is 10.6 Å². The highest BCUT2D eigenvalue weighted by molar-refractivity contribution is 6.04. The second-order valence-electron chi connectivity index (χ2n) is 7.34. The Morgan fingerprint density at radius 2 is 1.67 bits per heavy atom. The minimum absolute atomic E-state index is 0.0789. The topological polar surface area (TPSA) is 61.4 Å². The number of amides is 3. The molecule has 2 aliphatic rings. The summed E-state index contributed by atoms with van der Waals surface area (Å²) in [6.45, 7) is 1.33. The molecule has 2 aromatic rings. The van der Waals surface area contributed by atoms with Gasteiger partial charge in [0.1, 0.15) is 0 Å². The Morgan fingerprint density at radius 1 is 0.963 bits per heavy atom. The molecule has 140 valence electrons. The average molecular weight is 363 g/mol. The van der Waals surface area contributed by atoms with Crippen molar-refractivity contribution in [3.8, 4) is 0 Å². The highest BCUT2D eigenvalue weighted by Crippen LogP contribution is 2.32. The van der Waals surface area contributed by atoms with E-state index in [2.05, 4.69) is 22.8 Å². The molecule has 4 rings (SSSR count). The second kappa shape index (κ2) is 7.82. The lowest BCUT2D eigenvalue weighted by molar-refractivity contribution is 0.102. The summed E-state index contributed by atoms with van der Waals surface area (Å²) in [5.41, 5.74) is 3.57. The predicted octanol–water partition coefficient (Wildman–Crippen LogP) is 4.52. The van der Waals surface area contributed by atoms with Gasteiger partial charge >= 0.3 is 6.03 Å². The van der Waals surface area contributed by atoms with E-state index in [1.54, 1.807) is 4.90 Å². The fraction of sp³-hybridized carbons (Fsp3) is 0.364. The van der Waals surface area contributed by atoms with Crippen molar-refractivity contribution in [1.82, 2.24) is 5.32 Å². The molecule has 2 N–H and O–H groups in total. The van der Waals surface area contributed by atoms with Crippen LogP contribution in [0, 0.1) is 0 Å². The lowest BCUT2D eigenvalue weighted by Gasteiger charge is -2.22. The van der Waals surface area contributed by atoms with Crippen molar-refractivity contribution in [3.63, 3.8) is 0 Å². The normalized spacial score (nSPS) is 17.6. The Bertz CT molecular complexity index is 808. The largest absolute Gasteiger partial charge is 0.336 e. The van der Waals surface area contributed by atoms with Gasteiger partial charge in [0, 0.05) is 30.0 Å². The summed E-state index contributed by atoms with van der Waals surface area (Å²) < 4.78 is 0.